The molecule has 7 heteroatoms. The Morgan fingerprint density at radius 2 is 1.88 bits per heavy atom. The number of ether oxygens (including phenoxy) is 1. The summed E-state index contributed by atoms with van der Waals surface area (Å²) in [7, 11) is 1.59. The van der Waals surface area contributed by atoms with Gasteiger partial charge in [0.2, 0.25) is 17.7 Å². The molecule has 1 aliphatic rings. The zero-order valence-corrected chi connectivity index (χ0v) is 13.8. The third kappa shape index (κ3) is 3.98. The third-order valence-corrected chi connectivity index (χ3v) is 4.12. The minimum atomic E-state index is 0.193. The van der Waals surface area contributed by atoms with Crippen LogP contribution in [0, 0.1) is 0 Å². The number of piperazine rings is 1. The Balaban J connectivity index is 1.50. The molecule has 126 valence electrons. The summed E-state index contributed by atoms with van der Waals surface area (Å²) in [6.45, 7) is 2.84. The maximum atomic E-state index is 12.4. The predicted octanol–water partition coefficient (Wildman–Crippen LogP) is 1.16. The first-order valence-corrected chi connectivity index (χ1v) is 8.05. The largest absolute Gasteiger partial charge is 0.481 e. The van der Waals surface area contributed by atoms with Gasteiger partial charge in [-0.3, -0.25) is 9.78 Å². The molecule has 0 radical (unpaired) electrons. The number of pyridine rings is 1. The van der Waals surface area contributed by atoms with Crippen molar-refractivity contribution in [3.05, 3.63) is 42.4 Å². The highest BCUT2D eigenvalue weighted by atomic mass is 16.5. The van der Waals surface area contributed by atoms with Gasteiger partial charge < -0.3 is 14.5 Å². The molecule has 0 N–H and O–H groups in total. The Morgan fingerprint density at radius 3 is 2.58 bits per heavy atom. The molecule has 0 atom stereocenters. The fraction of sp³-hybridized carbons (Fsp3) is 0.412. The van der Waals surface area contributed by atoms with E-state index in [4.69, 9.17) is 4.74 Å². The van der Waals surface area contributed by atoms with Crippen LogP contribution in [0.4, 0.5) is 5.95 Å². The molecule has 1 amide bonds. The van der Waals surface area contributed by atoms with Gasteiger partial charge in [-0.25, -0.2) is 4.98 Å². The molecule has 0 bridgehead atoms. The molecule has 2 aromatic heterocycles. The van der Waals surface area contributed by atoms with Crippen LogP contribution in [-0.4, -0.2) is 59.0 Å². The second-order valence-corrected chi connectivity index (χ2v) is 5.62. The molecule has 7 nitrogen and oxygen atoms in total. The van der Waals surface area contributed by atoms with Crippen molar-refractivity contribution < 1.29 is 9.53 Å². The fourth-order valence-electron chi connectivity index (χ4n) is 2.71. The van der Waals surface area contributed by atoms with Crippen LogP contribution in [0.3, 0.4) is 0 Å². The lowest BCUT2D eigenvalue weighted by Crippen LogP contribution is -2.49. The molecule has 1 aliphatic heterocycles. The lowest BCUT2D eigenvalue weighted by Gasteiger charge is -2.34. The van der Waals surface area contributed by atoms with E-state index in [0.717, 1.165) is 25.1 Å². The number of carbonyl (C=O) groups excluding carboxylic acids is 1. The second kappa shape index (κ2) is 7.72. The third-order valence-electron chi connectivity index (χ3n) is 4.12. The summed E-state index contributed by atoms with van der Waals surface area (Å²) in [6.07, 6.45) is 6.48. The zero-order chi connectivity index (χ0) is 16.8. The first kappa shape index (κ1) is 16.2. The van der Waals surface area contributed by atoms with Gasteiger partial charge in [0.25, 0.3) is 0 Å². The number of carbonyl (C=O) groups is 1. The maximum Gasteiger partial charge on any atom is 0.228 e. The summed E-state index contributed by atoms with van der Waals surface area (Å²) in [5.74, 6) is 1.40. The van der Waals surface area contributed by atoms with Crippen molar-refractivity contribution >= 4 is 11.9 Å². The molecular weight excluding hydrogens is 306 g/mol. The van der Waals surface area contributed by atoms with Crippen LogP contribution >= 0.6 is 0 Å². The lowest BCUT2D eigenvalue weighted by atomic mass is 10.1. The van der Waals surface area contributed by atoms with Crippen LogP contribution in [0.1, 0.15) is 12.0 Å². The molecule has 3 heterocycles. The minimum absolute atomic E-state index is 0.193. The molecule has 3 rings (SSSR count). The molecule has 0 saturated carbocycles. The standard InChI is InChI=1S/C17H21N5O2/c1-24-15-6-9-19-17(20-15)22-12-10-21(11-13-22)16(23)3-2-14-4-7-18-8-5-14/h4-9H,2-3,10-13H2,1H3. The topological polar surface area (TPSA) is 71.5 Å². The Bertz CT molecular complexity index is 672. The summed E-state index contributed by atoms with van der Waals surface area (Å²) in [4.78, 5) is 29.0. The van der Waals surface area contributed by atoms with E-state index >= 15 is 0 Å². The fourth-order valence-corrected chi connectivity index (χ4v) is 2.71. The van der Waals surface area contributed by atoms with Gasteiger partial charge >= 0.3 is 0 Å². The van der Waals surface area contributed by atoms with Gasteiger partial charge in [-0.1, -0.05) is 0 Å². The number of amides is 1. The summed E-state index contributed by atoms with van der Waals surface area (Å²) in [5, 5.41) is 0. The Morgan fingerprint density at radius 1 is 1.12 bits per heavy atom. The molecule has 0 unspecified atom stereocenters. The molecule has 1 fully saturated rings. The number of anilines is 1. The number of aryl methyl sites for hydroxylation is 1. The van der Waals surface area contributed by atoms with E-state index < -0.39 is 0 Å². The predicted molar refractivity (Wildman–Crippen MR) is 89.9 cm³/mol. The zero-order valence-electron chi connectivity index (χ0n) is 13.8. The van der Waals surface area contributed by atoms with Gasteiger partial charge in [0.1, 0.15) is 0 Å². The van der Waals surface area contributed by atoms with Crippen molar-refractivity contribution in [2.45, 2.75) is 12.8 Å². The van der Waals surface area contributed by atoms with Gasteiger partial charge in [0.05, 0.1) is 7.11 Å². The number of nitrogens with zero attached hydrogens (tertiary/aromatic N) is 5. The van der Waals surface area contributed by atoms with Crippen LogP contribution in [0.2, 0.25) is 0 Å². The highest BCUT2D eigenvalue weighted by Crippen LogP contribution is 2.15. The second-order valence-electron chi connectivity index (χ2n) is 5.62. The van der Waals surface area contributed by atoms with E-state index in [2.05, 4.69) is 19.9 Å². The summed E-state index contributed by atoms with van der Waals surface area (Å²) in [6, 6.07) is 5.62. The first-order chi connectivity index (χ1) is 11.8. The Labute approximate surface area is 141 Å². The Kier molecular flexibility index (Phi) is 5.20. The Hall–Kier alpha value is -2.70. The average Bonchev–Trinajstić information content (AvgIpc) is 2.67. The van der Waals surface area contributed by atoms with E-state index in [0.29, 0.717) is 31.3 Å². The van der Waals surface area contributed by atoms with Gasteiger partial charge in [-0.15, -0.1) is 0 Å². The minimum Gasteiger partial charge on any atom is -0.481 e. The van der Waals surface area contributed by atoms with Crippen molar-refractivity contribution in [2.24, 2.45) is 0 Å². The number of hydrogen-bond acceptors (Lipinski definition) is 6. The molecule has 24 heavy (non-hydrogen) atoms. The van der Waals surface area contributed by atoms with Crippen LogP contribution in [-0.2, 0) is 11.2 Å². The van der Waals surface area contributed by atoms with E-state index in [9.17, 15) is 4.79 Å². The monoisotopic (exact) mass is 327 g/mol. The summed E-state index contributed by atoms with van der Waals surface area (Å²) < 4.78 is 5.13. The number of rotatable bonds is 5. The van der Waals surface area contributed by atoms with E-state index in [-0.39, 0.29) is 5.91 Å². The van der Waals surface area contributed by atoms with Gasteiger partial charge in [-0.2, -0.15) is 4.98 Å². The van der Waals surface area contributed by atoms with Crippen LogP contribution in [0.5, 0.6) is 5.88 Å². The first-order valence-electron chi connectivity index (χ1n) is 8.05. The molecule has 0 aliphatic carbocycles. The molecule has 0 spiro atoms. The smallest absolute Gasteiger partial charge is 0.228 e. The summed E-state index contributed by atoms with van der Waals surface area (Å²) >= 11 is 0. The van der Waals surface area contributed by atoms with Crippen LogP contribution < -0.4 is 9.64 Å². The van der Waals surface area contributed by atoms with Crippen molar-refractivity contribution in [1.82, 2.24) is 19.9 Å². The number of hydrogen-bond donors (Lipinski definition) is 0. The van der Waals surface area contributed by atoms with Gasteiger partial charge in [-0.05, 0) is 24.1 Å². The number of aromatic nitrogens is 3. The molecule has 2 aromatic rings. The van der Waals surface area contributed by atoms with E-state index in [1.54, 1.807) is 31.8 Å². The molecule has 1 saturated heterocycles. The van der Waals surface area contributed by atoms with Crippen molar-refractivity contribution in [2.75, 3.05) is 38.2 Å². The lowest BCUT2D eigenvalue weighted by molar-refractivity contribution is -0.131. The van der Waals surface area contributed by atoms with Gasteiger partial charge in [0, 0.05) is 57.3 Å². The van der Waals surface area contributed by atoms with Crippen LogP contribution in [0.15, 0.2) is 36.8 Å². The normalized spacial score (nSPS) is 14.5. The molecular formula is C17H21N5O2. The van der Waals surface area contributed by atoms with Crippen LogP contribution in [0.25, 0.3) is 0 Å². The van der Waals surface area contributed by atoms with E-state index in [1.165, 1.54) is 0 Å². The quantitative estimate of drug-likeness (QED) is 0.821. The SMILES string of the molecule is COc1ccnc(N2CCN(C(=O)CCc3ccncc3)CC2)n1. The summed E-state index contributed by atoms with van der Waals surface area (Å²) in [5.41, 5.74) is 1.14. The van der Waals surface area contributed by atoms with Crippen molar-refractivity contribution in [3.63, 3.8) is 0 Å². The highest BCUT2D eigenvalue weighted by molar-refractivity contribution is 5.76. The van der Waals surface area contributed by atoms with Crippen molar-refractivity contribution in [3.8, 4) is 5.88 Å². The van der Waals surface area contributed by atoms with E-state index in [1.807, 2.05) is 17.0 Å². The molecule has 0 aromatic carbocycles. The van der Waals surface area contributed by atoms with Crippen molar-refractivity contribution in [1.29, 1.82) is 0 Å². The average molecular weight is 327 g/mol. The van der Waals surface area contributed by atoms with Gasteiger partial charge in [0.15, 0.2) is 0 Å². The number of methoxy groups -OCH3 is 1. The maximum absolute atomic E-state index is 12.4. The highest BCUT2D eigenvalue weighted by Gasteiger charge is 2.22.